The van der Waals surface area contributed by atoms with E-state index < -0.39 is 5.60 Å². The van der Waals surface area contributed by atoms with Gasteiger partial charge >= 0.3 is 0 Å². The molecule has 1 atom stereocenters. The van der Waals surface area contributed by atoms with Gasteiger partial charge in [0.05, 0.1) is 24.4 Å². The fourth-order valence-corrected chi connectivity index (χ4v) is 2.76. The van der Waals surface area contributed by atoms with Gasteiger partial charge in [0.2, 0.25) is 0 Å². The molecule has 0 bridgehead atoms. The van der Waals surface area contributed by atoms with Crippen molar-refractivity contribution in [2.75, 3.05) is 32.1 Å². The highest BCUT2D eigenvalue weighted by atomic mass is 16.5. The van der Waals surface area contributed by atoms with E-state index in [1.165, 1.54) is 0 Å². The van der Waals surface area contributed by atoms with E-state index in [9.17, 15) is 5.11 Å². The van der Waals surface area contributed by atoms with Gasteiger partial charge < -0.3 is 14.7 Å². The molecule has 0 aromatic heterocycles. The Kier molecular flexibility index (Phi) is 4.69. The quantitative estimate of drug-likeness (QED) is 0.867. The van der Waals surface area contributed by atoms with Crippen molar-refractivity contribution < 1.29 is 9.84 Å². The Labute approximate surface area is 127 Å². The van der Waals surface area contributed by atoms with Gasteiger partial charge in [-0.05, 0) is 31.5 Å². The lowest BCUT2D eigenvalue weighted by Crippen LogP contribution is -2.47. The van der Waals surface area contributed by atoms with Crippen molar-refractivity contribution in [2.24, 2.45) is 4.99 Å². The highest BCUT2D eigenvalue weighted by Gasteiger charge is 2.38. The molecule has 0 saturated carbocycles. The molecule has 1 aliphatic heterocycles. The van der Waals surface area contributed by atoms with Crippen molar-refractivity contribution >= 4 is 11.9 Å². The van der Waals surface area contributed by atoms with Crippen LogP contribution in [0.1, 0.15) is 32.3 Å². The molecule has 4 heteroatoms. The van der Waals surface area contributed by atoms with Crippen molar-refractivity contribution in [1.29, 1.82) is 0 Å². The van der Waals surface area contributed by atoms with Crippen LogP contribution in [0.4, 0.5) is 5.69 Å². The molecule has 1 saturated heterocycles. The van der Waals surface area contributed by atoms with Gasteiger partial charge in [-0.3, -0.25) is 4.99 Å². The SMILES string of the molecule is CN(C)c1ccc(C=NC[C@]2(O)CCOC(C)(C)C2)cc1. The fourth-order valence-electron chi connectivity index (χ4n) is 2.76. The second kappa shape index (κ2) is 6.16. The summed E-state index contributed by atoms with van der Waals surface area (Å²) in [4.78, 5) is 6.50. The molecule has 2 rings (SSSR count). The van der Waals surface area contributed by atoms with E-state index in [-0.39, 0.29) is 5.60 Å². The number of aliphatic hydroxyl groups is 1. The highest BCUT2D eigenvalue weighted by Crippen LogP contribution is 2.32. The summed E-state index contributed by atoms with van der Waals surface area (Å²) in [5, 5.41) is 10.6. The number of anilines is 1. The molecule has 4 nitrogen and oxygen atoms in total. The largest absolute Gasteiger partial charge is 0.388 e. The average molecular weight is 290 g/mol. The molecule has 0 aliphatic carbocycles. The lowest BCUT2D eigenvalue weighted by molar-refractivity contribution is -0.139. The second-order valence-electron chi connectivity index (χ2n) is 6.72. The van der Waals surface area contributed by atoms with Crippen molar-refractivity contribution in [3.63, 3.8) is 0 Å². The maximum atomic E-state index is 10.6. The maximum Gasteiger partial charge on any atom is 0.0891 e. The summed E-state index contributed by atoms with van der Waals surface area (Å²) in [6.45, 7) is 5.05. The van der Waals surface area contributed by atoms with E-state index >= 15 is 0 Å². The zero-order chi connectivity index (χ0) is 15.5. The minimum absolute atomic E-state index is 0.268. The molecule has 1 N–H and O–H groups in total. The second-order valence-corrected chi connectivity index (χ2v) is 6.72. The number of nitrogens with zero attached hydrogens (tertiary/aromatic N) is 2. The van der Waals surface area contributed by atoms with Gasteiger partial charge in [-0.2, -0.15) is 0 Å². The van der Waals surface area contributed by atoms with E-state index in [1.807, 2.05) is 46.3 Å². The van der Waals surface area contributed by atoms with E-state index in [0.29, 0.717) is 26.0 Å². The number of hydrogen-bond acceptors (Lipinski definition) is 4. The van der Waals surface area contributed by atoms with Crippen LogP contribution in [0.15, 0.2) is 29.3 Å². The van der Waals surface area contributed by atoms with E-state index in [0.717, 1.165) is 11.3 Å². The lowest BCUT2D eigenvalue weighted by atomic mass is 9.84. The standard InChI is InChI=1S/C17H26N2O2/c1-16(2)12-17(20,9-10-21-16)13-18-11-14-5-7-15(8-6-14)19(3)4/h5-8,11,20H,9-10,12-13H2,1-4H3/t17-/m0/s1. The Bertz CT molecular complexity index is 494. The third-order valence-corrected chi connectivity index (χ3v) is 3.85. The van der Waals surface area contributed by atoms with E-state index in [2.05, 4.69) is 22.0 Å². The van der Waals surface area contributed by atoms with Gasteiger partial charge in [0, 0.05) is 38.8 Å². The van der Waals surface area contributed by atoms with Crippen LogP contribution in [0.3, 0.4) is 0 Å². The zero-order valence-corrected chi connectivity index (χ0v) is 13.5. The summed E-state index contributed by atoms with van der Waals surface area (Å²) < 4.78 is 5.64. The van der Waals surface area contributed by atoms with Crippen LogP contribution < -0.4 is 4.90 Å². The van der Waals surface area contributed by atoms with Gasteiger partial charge in [-0.1, -0.05) is 12.1 Å². The molecule has 0 spiro atoms. The van der Waals surface area contributed by atoms with Crippen molar-refractivity contribution in [2.45, 2.75) is 37.9 Å². The van der Waals surface area contributed by atoms with Crippen molar-refractivity contribution in [1.82, 2.24) is 0 Å². The summed E-state index contributed by atoms with van der Waals surface area (Å²) in [5.74, 6) is 0. The van der Waals surface area contributed by atoms with Crippen molar-refractivity contribution in [3.05, 3.63) is 29.8 Å². The third kappa shape index (κ3) is 4.55. The Morgan fingerprint density at radius 1 is 1.29 bits per heavy atom. The van der Waals surface area contributed by atoms with Gasteiger partial charge in [0.15, 0.2) is 0 Å². The van der Waals surface area contributed by atoms with Crippen LogP contribution in [0.5, 0.6) is 0 Å². The topological polar surface area (TPSA) is 45.1 Å². The Morgan fingerprint density at radius 2 is 1.95 bits per heavy atom. The zero-order valence-electron chi connectivity index (χ0n) is 13.5. The van der Waals surface area contributed by atoms with Gasteiger partial charge in [0.25, 0.3) is 0 Å². The first-order valence-corrected chi connectivity index (χ1v) is 7.43. The van der Waals surface area contributed by atoms with Crippen LogP contribution in [0, 0.1) is 0 Å². The minimum atomic E-state index is -0.748. The van der Waals surface area contributed by atoms with Crippen molar-refractivity contribution in [3.8, 4) is 0 Å². The van der Waals surface area contributed by atoms with Gasteiger partial charge in [-0.15, -0.1) is 0 Å². The molecule has 1 aromatic rings. The first-order chi connectivity index (χ1) is 9.80. The summed E-state index contributed by atoms with van der Waals surface area (Å²) >= 11 is 0. The summed E-state index contributed by atoms with van der Waals surface area (Å²) in [6, 6.07) is 8.20. The molecule has 0 unspecified atom stereocenters. The molecule has 0 amide bonds. The molecular weight excluding hydrogens is 264 g/mol. The normalized spacial score (nSPS) is 25.2. The number of ether oxygens (including phenoxy) is 1. The number of benzene rings is 1. The van der Waals surface area contributed by atoms with Crippen LogP contribution in [-0.2, 0) is 4.74 Å². The number of hydrogen-bond donors (Lipinski definition) is 1. The summed E-state index contributed by atoms with van der Waals surface area (Å²) in [6.07, 6.45) is 3.10. The first kappa shape index (κ1) is 16.0. The van der Waals surface area contributed by atoms with Crippen LogP contribution in [0.2, 0.25) is 0 Å². The lowest BCUT2D eigenvalue weighted by Gasteiger charge is -2.40. The summed E-state index contributed by atoms with van der Waals surface area (Å²) in [7, 11) is 4.04. The summed E-state index contributed by atoms with van der Waals surface area (Å²) in [5.41, 5.74) is 1.20. The van der Waals surface area contributed by atoms with Gasteiger partial charge in [-0.25, -0.2) is 0 Å². The average Bonchev–Trinajstić information content (AvgIpc) is 2.37. The number of aliphatic imine (C=N–C) groups is 1. The molecule has 0 radical (unpaired) electrons. The van der Waals surface area contributed by atoms with E-state index in [4.69, 9.17) is 4.74 Å². The highest BCUT2D eigenvalue weighted by molar-refractivity contribution is 5.80. The maximum absolute atomic E-state index is 10.6. The molecular formula is C17H26N2O2. The number of rotatable bonds is 4. The Balaban J connectivity index is 1.95. The van der Waals surface area contributed by atoms with Crippen LogP contribution in [0.25, 0.3) is 0 Å². The smallest absolute Gasteiger partial charge is 0.0891 e. The van der Waals surface area contributed by atoms with E-state index in [1.54, 1.807) is 0 Å². The fraction of sp³-hybridized carbons (Fsp3) is 0.588. The third-order valence-electron chi connectivity index (χ3n) is 3.85. The predicted octanol–water partition coefficient (Wildman–Crippen LogP) is 2.49. The first-order valence-electron chi connectivity index (χ1n) is 7.43. The Hall–Kier alpha value is -1.39. The minimum Gasteiger partial charge on any atom is -0.388 e. The molecule has 116 valence electrons. The predicted molar refractivity (Wildman–Crippen MR) is 87.4 cm³/mol. The van der Waals surface area contributed by atoms with Gasteiger partial charge in [0.1, 0.15) is 0 Å². The van der Waals surface area contributed by atoms with Crippen LogP contribution >= 0.6 is 0 Å². The molecule has 21 heavy (non-hydrogen) atoms. The van der Waals surface area contributed by atoms with Crippen LogP contribution in [-0.4, -0.2) is 49.8 Å². The molecule has 1 heterocycles. The molecule has 1 fully saturated rings. The monoisotopic (exact) mass is 290 g/mol. The Morgan fingerprint density at radius 3 is 2.52 bits per heavy atom. The molecule has 1 aromatic carbocycles. The molecule has 1 aliphatic rings.